The van der Waals surface area contributed by atoms with Crippen LogP contribution in [0.1, 0.15) is 29.9 Å². The van der Waals surface area contributed by atoms with E-state index in [1.807, 2.05) is 0 Å². The fraction of sp³-hybridized carbons (Fsp3) is 0.538. The van der Waals surface area contributed by atoms with Gasteiger partial charge >= 0.3 is 0 Å². The molecule has 80 valence electrons. The van der Waals surface area contributed by atoms with Crippen LogP contribution in [0.15, 0.2) is 24.3 Å². The van der Waals surface area contributed by atoms with E-state index >= 15 is 0 Å². The molecule has 0 amide bonds. The van der Waals surface area contributed by atoms with Crippen molar-refractivity contribution in [3.05, 3.63) is 35.4 Å². The van der Waals surface area contributed by atoms with E-state index in [4.69, 9.17) is 5.73 Å². The number of nitrogens with two attached hydrogens (primary N) is 1. The first-order valence-corrected chi connectivity index (χ1v) is 5.88. The summed E-state index contributed by atoms with van der Waals surface area (Å²) >= 11 is 0. The van der Waals surface area contributed by atoms with Gasteiger partial charge in [0.25, 0.3) is 0 Å². The number of hydrogen-bond donors (Lipinski definition) is 1. The molecule has 1 saturated heterocycles. The summed E-state index contributed by atoms with van der Waals surface area (Å²) in [7, 11) is 0. The molecule has 1 aliphatic carbocycles. The minimum absolute atomic E-state index is 0.415. The van der Waals surface area contributed by atoms with Crippen LogP contribution < -0.4 is 5.73 Å². The molecule has 1 aliphatic heterocycles. The van der Waals surface area contributed by atoms with Crippen molar-refractivity contribution in [2.24, 2.45) is 5.73 Å². The molecule has 0 unspecified atom stereocenters. The van der Waals surface area contributed by atoms with E-state index in [0.717, 1.165) is 25.6 Å². The minimum Gasteiger partial charge on any atom is -0.325 e. The second-order valence-corrected chi connectivity index (χ2v) is 4.93. The number of likely N-dealkylation sites (tertiary alicyclic amines) is 1. The smallest absolute Gasteiger partial charge is 0.0297 e. The van der Waals surface area contributed by atoms with Gasteiger partial charge in [0.1, 0.15) is 0 Å². The van der Waals surface area contributed by atoms with Crippen molar-refractivity contribution in [2.45, 2.75) is 31.3 Å². The molecule has 2 N–H and O–H groups in total. The van der Waals surface area contributed by atoms with Gasteiger partial charge in [-0.25, -0.2) is 0 Å². The summed E-state index contributed by atoms with van der Waals surface area (Å²) in [4.78, 5) is 2.44. The number of nitrogens with zero attached hydrogens (tertiary/aromatic N) is 1. The maximum Gasteiger partial charge on any atom is 0.0297 e. The summed E-state index contributed by atoms with van der Waals surface area (Å²) < 4.78 is 0. The second-order valence-electron chi connectivity index (χ2n) is 4.93. The summed E-state index contributed by atoms with van der Waals surface area (Å²) in [5, 5.41) is 0. The van der Waals surface area contributed by atoms with Crippen LogP contribution in [-0.4, -0.2) is 24.0 Å². The molecule has 1 saturated carbocycles. The lowest BCUT2D eigenvalue weighted by Gasteiger charge is -2.37. The standard InChI is InChI=1S/C13H18N2/c14-12-8-15(9-12)7-11-3-1-2-4-13(11)10-5-6-10/h1-4,10,12H,5-9,14H2. The van der Waals surface area contributed by atoms with Gasteiger partial charge in [-0.15, -0.1) is 0 Å². The van der Waals surface area contributed by atoms with Gasteiger partial charge < -0.3 is 5.73 Å². The lowest BCUT2D eigenvalue weighted by molar-refractivity contribution is 0.142. The number of hydrogen-bond acceptors (Lipinski definition) is 2. The molecule has 15 heavy (non-hydrogen) atoms. The van der Waals surface area contributed by atoms with Crippen molar-refractivity contribution in [3.8, 4) is 0 Å². The third-order valence-electron chi connectivity index (χ3n) is 3.45. The van der Waals surface area contributed by atoms with Crippen molar-refractivity contribution in [3.63, 3.8) is 0 Å². The Morgan fingerprint density at radius 1 is 1.20 bits per heavy atom. The highest BCUT2D eigenvalue weighted by atomic mass is 15.2. The molecule has 3 rings (SSSR count). The summed E-state index contributed by atoms with van der Waals surface area (Å²) in [6.45, 7) is 3.23. The molecule has 2 nitrogen and oxygen atoms in total. The quantitative estimate of drug-likeness (QED) is 0.808. The second kappa shape index (κ2) is 3.62. The van der Waals surface area contributed by atoms with Gasteiger partial charge in [-0.05, 0) is 29.9 Å². The Hall–Kier alpha value is -0.860. The molecule has 0 aromatic heterocycles. The summed E-state index contributed by atoms with van der Waals surface area (Å²) in [6.07, 6.45) is 2.77. The topological polar surface area (TPSA) is 29.3 Å². The van der Waals surface area contributed by atoms with Crippen LogP contribution in [-0.2, 0) is 6.54 Å². The van der Waals surface area contributed by atoms with Crippen LogP contribution in [0.25, 0.3) is 0 Å². The molecule has 1 aromatic carbocycles. The first-order chi connectivity index (χ1) is 7.33. The zero-order chi connectivity index (χ0) is 10.3. The average molecular weight is 202 g/mol. The van der Waals surface area contributed by atoms with E-state index in [9.17, 15) is 0 Å². The molecule has 1 aromatic rings. The zero-order valence-electron chi connectivity index (χ0n) is 9.02. The summed E-state index contributed by atoms with van der Waals surface area (Å²) in [5.74, 6) is 0.858. The van der Waals surface area contributed by atoms with E-state index in [-0.39, 0.29) is 0 Å². The lowest BCUT2D eigenvalue weighted by Crippen LogP contribution is -2.54. The predicted molar refractivity (Wildman–Crippen MR) is 61.7 cm³/mol. The molecular weight excluding hydrogens is 184 g/mol. The van der Waals surface area contributed by atoms with Crippen molar-refractivity contribution in [2.75, 3.05) is 13.1 Å². The lowest BCUT2D eigenvalue weighted by atomic mass is 10.0. The van der Waals surface area contributed by atoms with Gasteiger partial charge in [0.2, 0.25) is 0 Å². The molecule has 0 bridgehead atoms. The molecule has 2 heteroatoms. The Balaban J connectivity index is 1.73. The first kappa shape index (κ1) is 9.37. The monoisotopic (exact) mass is 202 g/mol. The number of benzene rings is 1. The van der Waals surface area contributed by atoms with Crippen LogP contribution in [0, 0.1) is 0 Å². The molecule has 1 heterocycles. The fourth-order valence-electron chi connectivity index (χ4n) is 2.45. The first-order valence-electron chi connectivity index (χ1n) is 5.88. The number of rotatable bonds is 3. The SMILES string of the molecule is NC1CN(Cc2ccccc2C2CC2)C1. The van der Waals surface area contributed by atoms with Crippen molar-refractivity contribution in [1.29, 1.82) is 0 Å². The van der Waals surface area contributed by atoms with E-state index in [1.165, 1.54) is 18.4 Å². The van der Waals surface area contributed by atoms with Crippen molar-refractivity contribution < 1.29 is 0 Å². The zero-order valence-corrected chi connectivity index (χ0v) is 9.02. The van der Waals surface area contributed by atoms with Gasteiger partial charge in [-0.1, -0.05) is 24.3 Å². The summed E-state index contributed by atoms with van der Waals surface area (Å²) in [5.41, 5.74) is 8.89. The van der Waals surface area contributed by atoms with Gasteiger partial charge in [0.15, 0.2) is 0 Å². The molecule has 0 radical (unpaired) electrons. The fourth-order valence-corrected chi connectivity index (χ4v) is 2.45. The van der Waals surface area contributed by atoms with Crippen LogP contribution in [0.5, 0.6) is 0 Å². The van der Waals surface area contributed by atoms with Crippen LogP contribution in [0.3, 0.4) is 0 Å². The molecule has 0 atom stereocenters. The highest BCUT2D eigenvalue weighted by molar-refractivity contribution is 5.33. The Morgan fingerprint density at radius 2 is 1.93 bits per heavy atom. The Bertz CT molecular complexity index is 351. The third-order valence-corrected chi connectivity index (χ3v) is 3.45. The highest BCUT2D eigenvalue weighted by Crippen LogP contribution is 2.41. The van der Waals surface area contributed by atoms with Gasteiger partial charge in [0.05, 0.1) is 0 Å². The van der Waals surface area contributed by atoms with Crippen LogP contribution >= 0.6 is 0 Å². The maximum absolute atomic E-state index is 5.79. The largest absolute Gasteiger partial charge is 0.325 e. The van der Waals surface area contributed by atoms with Gasteiger partial charge in [-0.2, -0.15) is 0 Å². The molecular formula is C13H18N2. The minimum atomic E-state index is 0.415. The predicted octanol–water partition coefficient (Wildman–Crippen LogP) is 1.71. The molecule has 2 fully saturated rings. The van der Waals surface area contributed by atoms with E-state index in [1.54, 1.807) is 5.56 Å². The van der Waals surface area contributed by atoms with Crippen molar-refractivity contribution in [1.82, 2.24) is 4.90 Å². The van der Waals surface area contributed by atoms with Crippen LogP contribution in [0.4, 0.5) is 0 Å². The van der Waals surface area contributed by atoms with Crippen LogP contribution in [0.2, 0.25) is 0 Å². The maximum atomic E-state index is 5.79. The third kappa shape index (κ3) is 1.92. The average Bonchev–Trinajstić information content (AvgIpc) is 3.00. The van der Waals surface area contributed by atoms with Crippen molar-refractivity contribution >= 4 is 0 Å². The molecule has 2 aliphatic rings. The van der Waals surface area contributed by atoms with E-state index in [2.05, 4.69) is 29.2 Å². The normalized spacial score (nSPS) is 22.7. The Labute approximate surface area is 91.1 Å². The summed E-state index contributed by atoms with van der Waals surface area (Å²) in [6, 6.07) is 9.31. The highest BCUT2D eigenvalue weighted by Gasteiger charge is 2.28. The Morgan fingerprint density at radius 3 is 2.60 bits per heavy atom. The van der Waals surface area contributed by atoms with E-state index in [0.29, 0.717) is 6.04 Å². The van der Waals surface area contributed by atoms with Gasteiger partial charge in [0, 0.05) is 25.7 Å². The van der Waals surface area contributed by atoms with Gasteiger partial charge in [-0.3, -0.25) is 4.90 Å². The Kier molecular flexibility index (Phi) is 2.26. The van der Waals surface area contributed by atoms with E-state index < -0.39 is 0 Å². The molecule has 0 spiro atoms.